The van der Waals surface area contributed by atoms with Crippen molar-refractivity contribution in [2.24, 2.45) is 15.8 Å². The van der Waals surface area contributed by atoms with Crippen molar-refractivity contribution >= 4 is 5.84 Å². The summed E-state index contributed by atoms with van der Waals surface area (Å²) in [5, 5.41) is 39.9. The van der Waals surface area contributed by atoms with E-state index >= 15 is 0 Å². The average Bonchev–Trinajstić information content (AvgIpc) is 3.34. The van der Waals surface area contributed by atoms with Crippen molar-refractivity contribution in [1.82, 2.24) is 4.90 Å². The summed E-state index contributed by atoms with van der Waals surface area (Å²) >= 11 is 0. The molecule has 2 aliphatic heterocycles. The van der Waals surface area contributed by atoms with Crippen LogP contribution >= 0.6 is 0 Å². The molecule has 8 nitrogen and oxygen atoms in total. The first kappa shape index (κ1) is 20.3. The number of nitrogens with zero attached hydrogens (tertiary/aromatic N) is 6. The van der Waals surface area contributed by atoms with Crippen LogP contribution in [0.3, 0.4) is 0 Å². The summed E-state index contributed by atoms with van der Waals surface area (Å²) in [5.74, 6) is 0.934. The first-order valence-electron chi connectivity index (χ1n) is 10.0. The molecule has 3 atom stereocenters. The van der Waals surface area contributed by atoms with E-state index < -0.39 is 16.7 Å². The zero-order valence-corrected chi connectivity index (χ0v) is 17.3. The van der Waals surface area contributed by atoms with Crippen molar-refractivity contribution in [2.75, 3.05) is 27.3 Å². The summed E-state index contributed by atoms with van der Waals surface area (Å²) < 4.78 is 10.7. The minimum Gasteiger partial charge on any atom is -0.493 e. The number of hydrogen-bond acceptors (Lipinski definition) is 8. The SMILES string of the molecule is COc1ccc(C2C3(C#N)C(N4CCCCC4)=NC(=C(C#N)C#N)C23C#N)cc1OC. The minimum absolute atomic E-state index is 0.0990. The Morgan fingerprint density at radius 2 is 1.61 bits per heavy atom. The van der Waals surface area contributed by atoms with Crippen LogP contribution in [0.4, 0.5) is 0 Å². The molecule has 2 heterocycles. The lowest BCUT2D eigenvalue weighted by atomic mass is 9.91. The van der Waals surface area contributed by atoms with Crippen LogP contribution in [0.25, 0.3) is 0 Å². The van der Waals surface area contributed by atoms with E-state index in [9.17, 15) is 21.0 Å². The second-order valence-corrected chi connectivity index (χ2v) is 7.82. The molecule has 8 heteroatoms. The summed E-state index contributed by atoms with van der Waals surface area (Å²) in [7, 11) is 3.05. The Labute approximate surface area is 180 Å². The number of benzene rings is 1. The minimum atomic E-state index is -1.39. The van der Waals surface area contributed by atoms with Gasteiger partial charge in [-0.2, -0.15) is 21.0 Å². The van der Waals surface area contributed by atoms with Gasteiger partial charge in [-0.25, -0.2) is 4.99 Å². The van der Waals surface area contributed by atoms with E-state index in [1.165, 1.54) is 14.2 Å². The van der Waals surface area contributed by atoms with Gasteiger partial charge in [-0.1, -0.05) is 6.07 Å². The molecule has 4 rings (SSSR count). The Bertz CT molecular complexity index is 1150. The molecule has 31 heavy (non-hydrogen) atoms. The van der Waals surface area contributed by atoms with E-state index in [1.54, 1.807) is 18.2 Å². The van der Waals surface area contributed by atoms with Gasteiger partial charge < -0.3 is 14.4 Å². The third-order valence-corrected chi connectivity index (χ3v) is 6.56. The van der Waals surface area contributed by atoms with E-state index in [4.69, 9.17) is 9.47 Å². The molecule has 2 fully saturated rings. The van der Waals surface area contributed by atoms with E-state index in [-0.39, 0.29) is 11.3 Å². The monoisotopic (exact) mass is 412 g/mol. The van der Waals surface area contributed by atoms with Gasteiger partial charge >= 0.3 is 0 Å². The first-order chi connectivity index (χ1) is 15.1. The third-order valence-electron chi connectivity index (χ3n) is 6.56. The van der Waals surface area contributed by atoms with Crippen LogP contribution in [0.5, 0.6) is 11.5 Å². The van der Waals surface area contributed by atoms with Crippen LogP contribution in [0.2, 0.25) is 0 Å². The van der Waals surface area contributed by atoms with Gasteiger partial charge in [0, 0.05) is 19.0 Å². The van der Waals surface area contributed by atoms with Crippen molar-refractivity contribution in [3.05, 3.63) is 35.0 Å². The number of methoxy groups -OCH3 is 2. The number of allylic oxidation sites excluding steroid dienone is 2. The maximum atomic E-state index is 10.4. The molecule has 0 aromatic heterocycles. The van der Waals surface area contributed by atoms with Crippen LogP contribution in [-0.2, 0) is 0 Å². The highest BCUT2D eigenvalue weighted by molar-refractivity contribution is 6.04. The van der Waals surface area contributed by atoms with Gasteiger partial charge in [0.1, 0.15) is 28.8 Å². The van der Waals surface area contributed by atoms with E-state index in [0.717, 1.165) is 32.4 Å². The predicted octanol–water partition coefficient (Wildman–Crippen LogP) is 3.02. The van der Waals surface area contributed by atoms with E-state index in [0.29, 0.717) is 22.9 Å². The van der Waals surface area contributed by atoms with E-state index in [1.807, 2.05) is 17.0 Å². The van der Waals surface area contributed by atoms with Crippen molar-refractivity contribution in [2.45, 2.75) is 25.2 Å². The standard InChI is InChI=1S/C23H20N6O2/c1-30-17-7-6-15(10-18(17)31-2)19-22(13-26)20(16(11-24)12-25)28-21(23(19,22)14-27)29-8-4-3-5-9-29/h6-7,10,19H,3-5,8-9H2,1-2H3. The molecule has 154 valence electrons. The number of ether oxygens (including phenoxy) is 2. The normalized spacial score (nSPS) is 28.2. The average molecular weight is 412 g/mol. The molecular formula is C23H20N6O2. The van der Waals surface area contributed by atoms with Gasteiger partial charge in [-0.05, 0) is 37.0 Å². The van der Waals surface area contributed by atoms with Gasteiger partial charge in [-0.3, -0.25) is 0 Å². The highest BCUT2D eigenvalue weighted by atomic mass is 16.5. The summed E-state index contributed by atoms with van der Waals surface area (Å²) in [5.41, 5.74) is -2.07. The molecule has 0 bridgehead atoms. The Hall–Kier alpha value is -4.01. The Balaban J connectivity index is 1.95. The molecule has 3 unspecified atom stereocenters. The predicted molar refractivity (Wildman–Crippen MR) is 109 cm³/mol. The summed E-state index contributed by atoms with van der Waals surface area (Å²) in [4.78, 5) is 6.64. The molecule has 1 aliphatic carbocycles. The van der Waals surface area contributed by atoms with Gasteiger partial charge in [0.25, 0.3) is 0 Å². The van der Waals surface area contributed by atoms with Gasteiger partial charge in [0.15, 0.2) is 17.1 Å². The van der Waals surface area contributed by atoms with Crippen LogP contribution < -0.4 is 9.47 Å². The summed E-state index contributed by atoms with van der Waals surface area (Å²) in [6.45, 7) is 1.45. The molecule has 0 N–H and O–H groups in total. The van der Waals surface area contributed by atoms with Crippen molar-refractivity contribution in [1.29, 1.82) is 21.0 Å². The Morgan fingerprint density at radius 3 is 2.16 bits per heavy atom. The van der Waals surface area contributed by atoms with Crippen LogP contribution in [-0.4, -0.2) is 38.0 Å². The lowest BCUT2D eigenvalue weighted by molar-refractivity contribution is 0.329. The maximum Gasteiger partial charge on any atom is 0.160 e. The molecule has 1 saturated carbocycles. The lowest BCUT2D eigenvalue weighted by Crippen LogP contribution is -2.40. The Morgan fingerprint density at radius 1 is 0.968 bits per heavy atom. The number of aliphatic imine (C=N–C) groups is 1. The molecule has 0 amide bonds. The number of piperidine rings is 1. The lowest BCUT2D eigenvalue weighted by Gasteiger charge is -2.31. The fraction of sp³-hybridized carbons (Fsp3) is 0.435. The van der Waals surface area contributed by atoms with E-state index in [2.05, 4.69) is 17.1 Å². The number of likely N-dealkylation sites (tertiary alicyclic amines) is 1. The fourth-order valence-corrected chi connectivity index (χ4v) is 5.14. The molecule has 1 aromatic rings. The quantitative estimate of drug-likeness (QED) is 0.698. The largest absolute Gasteiger partial charge is 0.493 e. The summed E-state index contributed by atoms with van der Waals surface area (Å²) in [6.07, 6.45) is 3.02. The van der Waals surface area contributed by atoms with Gasteiger partial charge in [0.2, 0.25) is 0 Å². The first-order valence-corrected chi connectivity index (χ1v) is 10.0. The third kappa shape index (κ3) is 2.46. The van der Waals surface area contributed by atoms with Crippen LogP contribution in [0, 0.1) is 56.2 Å². The van der Waals surface area contributed by atoms with Gasteiger partial charge in [0.05, 0.1) is 32.1 Å². The van der Waals surface area contributed by atoms with Crippen molar-refractivity contribution in [3.63, 3.8) is 0 Å². The number of rotatable bonds is 3. The Kier molecular flexibility index (Phi) is 4.81. The van der Waals surface area contributed by atoms with Crippen LogP contribution in [0.15, 0.2) is 34.5 Å². The smallest absolute Gasteiger partial charge is 0.160 e. The maximum absolute atomic E-state index is 10.4. The summed E-state index contributed by atoms with van der Waals surface area (Å²) in [6, 6.07) is 13.7. The zero-order valence-electron chi connectivity index (χ0n) is 17.3. The van der Waals surface area contributed by atoms with Crippen molar-refractivity contribution in [3.8, 4) is 35.8 Å². The number of amidine groups is 1. The fourth-order valence-electron chi connectivity index (χ4n) is 5.14. The highest BCUT2D eigenvalue weighted by Gasteiger charge is 2.87. The molecule has 3 aliphatic rings. The van der Waals surface area contributed by atoms with Gasteiger partial charge in [-0.15, -0.1) is 0 Å². The van der Waals surface area contributed by atoms with Crippen molar-refractivity contribution < 1.29 is 9.47 Å². The number of hydrogen-bond donors (Lipinski definition) is 0. The molecule has 0 radical (unpaired) electrons. The second-order valence-electron chi connectivity index (χ2n) is 7.82. The topological polar surface area (TPSA) is 129 Å². The van der Waals surface area contributed by atoms with Crippen LogP contribution in [0.1, 0.15) is 30.7 Å². The molecule has 1 saturated heterocycles. The molecule has 1 aromatic carbocycles. The molecular weight excluding hydrogens is 392 g/mol. The second kappa shape index (κ2) is 7.35. The highest BCUT2D eigenvalue weighted by Crippen LogP contribution is 2.81. The number of nitriles is 4. The molecule has 0 spiro atoms. The zero-order chi connectivity index (χ0) is 22.2. The number of fused-ring (bicyclic) bond motifs is 1.